The molecule has 0 amide bonds. The molecule has 1 aromatic carbocycles. The number of imidazole rings is 2. The third kappa shape index (κ3) is 1.87. The lowest BCUT2D eigenvalue weighted by molar-refractivity contribution is 0.0588. The molecule has 6 heteroatoms. The number of hydrogen-bond donors (Lipinski definition) is 1. The Bertz CT molecular complexity index is 757. The maximum Gasteiger partial charge on any atom is 0.374 e. The third-order valence-corrected chi connectivity index (χ3v) is 2.99. The van der Waals surface area contributed by atoms with Crippen LogP contribution in [0.25, 0.3) is 22.3 Å². The van der Waals surface area contributed by atoms with Crippen molar-refractivity contribution in [3.63, 3.8) is 0 Å². The van der Waals surface area contributed by atoms with Gasteiger partial charge in [0.2, 0.25) is 5.82 Å². The van der Waals surface area contributed by atoms with Crippen LogP contribution < -0.4 is 0 Å². The molecule has 0 spiro atoms. The van der Waals surface area contributed by atoms with E-state index in [1.54, 1.807) is 12.5 Å². The quantitative estimate of drug-likeness (QED) is 0.709. The first-order valence-corrected chi connectivity index (χ1v) is 5.74. The molecule has 0 atom stereocenters. The van der Waals surface area contributed by atoms with Crippen LogP contribution in [0, 0.1) is 0 Å². The first kappa shape index (κ1) is 11.5. The molecule has 6 nitrogen and oxygen atoms in total. The fourth-order valence-corrected chi connectivity index (χ4v) is 1.97. The highest BCUT2D eigenvalue weighted by atomic mass is 16.5. The number of nitrogens with one attached hydrogen (secondary N) is 1. The van der Waals surface area contributed by atoms with Gasteiger partial charge >= 0.3 is 5.97 Å². The van der Waals surface area contributed by atoms with Gasteiger partial charge in [0, 0.05) is 12.6 Å². The van der Waals surface area contributed by atoms with Gasteiger partial charge in [-0.2, -0.15) is 0 Å². The van der Waals surface area contributed by atoms with E-state index in [4.69, 9.17) is 0 Å². The molecular formula is C13H12N4O2. The number of ether oxygens (including phenoxy) is 1. The van der Waals surface area contributed by atoms with E-state index < -0.39 is 5.97 Å². The van der Waals surface area contributed by atoms with Gasteiger partial charge in [0.15, 0.2) is 0 Å². The number of hydrogen-bond acceptors (Lipinski definition) is 4. The fraction of sp³-hybridized carbons (Fsp3) is 0.154. The van der Waals surface area contributed by atoms with E-state index >= 15 is 0 Å². The molecule has 0 saturated carbocycles. The van der Waals surface area contributed by atoms with Crippen LogP contribution >= 0.6 is 0 Å². The molecule has 0 radical (unpaired) electrons. The summed E-state index contributed by atoms with van der Waals surface area (Å²) in [5.74, 6) is -0.288. The van der Waals surface area contributed by atoms with Crippen LogP contribution in [0.1, 0.15) is 10.6 Å². The summed E-state index contributed by atoms with van der Waals surface area (Å²) in [6.07, 6.45) is 3.37. The number of esters is 1. The van der Waals surface area contributed by atoms with Gasteiger partial charge in [-0.3, -0.25) is 0 Å². The second-order valence-electron chi connectivity index (χ2n) is 4.20. The van der Waals surface area contributed by atoms with Crippen molar-refractivity contribution < 1.29 is 9.53 Å². The zero-order valence-electron chi connectivity index (χ0n) is 10.5. The largest absolute Gasteiger partial charge is 0.463 e. The summed E-state index contributed by atoms with van der Waals surface area (Å²) in [7, 11) is 3.27. The highest BCUT2D eigenvalue weighted by Gasteiger charge is 2.11. The minimum Gasteiger partial charge on any atom is -0.463 e. The summed E-state index contributed by atoms with van der Waals surface area (Å²) < 4.78 is 6.56. The Morgan fingerprint density at radius 1 is 1.37 bits per heavy atom. The first-order valence-electron chi connectivity index (χ1n) is 5.74. The maximum absolute atomic E-state index is 11.3. The average molecular weight is 256 g/mol. The molecule has 0 aliphatic heterocycles. The Labute approximate surface area is 109 Å². The van der Waals surface area contributed by atoms with Crippen LogP contribution in [0.4, 0.5) is 0 Å². The second kappa shape index (κ2) is 4.24. The summed E-state index contributed by atoms with van der Waals surface area (Å²) in [6.45, 7) is 0. The number of carbonyl (C=O) groups excluding carboxylic acids is 1. The van der Waals surface area contributed by atoms with E-state index in [1.807, 2.05) is 29.8 Å². The van der Waals surface area contributed by atoms with Crippen molar-refractivity contribution in [3.05, 3.63) is 36.5 Å². The van der Waals surface area contributed by atoms with Crippen molar-refractivity contribution in [2.75, 3.05) is 7.11 Å². The number of methoxy groups -OCH3 is 1. The Morgan fingerprint density at radius 3 is 3.00 bits per heavy atom. The minimum atomic E-state index is -0.481. The third-order valence-electron chi connectivity index (χ3n) is 2.99. The monoisotopic (exact) mass is 256 g/mol. The van der Waals surface area contributed by atoms with Gasteiger partial charge in [-0.25, -0.2) is 14.8 Å². The SMILES string of the molecule is COC(=O)c1ncc(-c2ccc3c(c2)ncn3C)[nH]1. The predicted octanol–water partition coefficient (Wildman–Crippen LogP) is 1.75. The highest BCUT2D eigenvalue weighted by Crippen LogP contribution is 2.22. The predicted molar refractivity (Wildman–Crippen MR) is 69.6 cm³/mol. The molecule has 0 saturated heterocycles. The lowest BCUT2D eigenvalue weighted by Gasteiger charge is -1.99. The van der Waals surface area contributed by atoms with Gasteiger partial charge in [0.1, 0.15) is 0 Å². The number of aromatic amines is 1. The number of carbonyl (C=O) groups is 1. The van der Waals surface area contributed by atoms with Crippen molar-refractivity contribution >= 4 is 17.0 Å². The van der Waals surface area contributed by atoms with Crippen LogP contribution in [0.15, 0.2) is 30.7 Å². The van der Waals surface area contributed by atoms with Gasteiger partial charge < -0.3 is 14.3 Å². The summed E-state index contributed by atoms with van der Waals surface area (Å²) in [5.41, 5.74) is 3.63. The summed E-state index contributed by atoms with van der Waals surface area (Å²) in [5, 5.41) is 0. The van der Waals surface area contributed by atoms with Gasteiger partial charge in [-0.15, -0.1) is 0 Å². The molecule has 3 aromatic rings. The molecule has 0 fully saturated rings. The van der Waals surface area contributed by atoms with Crippen LogP contribution in [-0.2, 0) is 11.8 Å². The van der Waals surface area contributed by atoms with E-state index in [2.05, 4.69) is 19.7 Å². The van der Waals surface area contributed by atoms with Crippen molar-refractivity contribution in [3.8, 4) is 11.3 Å². The Morgan fingerprint density at radius 2 is 2.21 bits per heavy atom. The molecule has 0 aliphatic carbocycles. The minimum absolute atomic E-state index is 0.193. The molecule has 0 unspecified atom stereocenters. The molecule has 2 heterocycles. The number of rotatable bonds is 2. The van der Waals surface area contributed by atoms with E-state index in [-0.39, 0.29) is 5.82 Å². The van der Waals surface area contributed by atoms with E-state index in [9.17, 15) is 4.79 Å². The van der Waals surface area contributed by atoms with Crippen LogP contribution in [0.5, 0.6) is 0 Å². The number of aromatic nitrogens is 4. The number of H-pyrrole nitrogens is 1. The molecule has 19 heavy (non-hydrogen) atoms. The van der Waals surface area contributed by atoms with Gasteiger partial charge in [0.05, 0.1) is 36.4 Å². The van der Waals surface area contributed by atoms with E-state index in [0.717, 1.165) is 22.3 Å². The van der Waals surface area contributed by atoms with Crippen molar-refractivity contribution in [1.29, 1.82) is 0 Å². The van der Waals surface area contributed by atoms with Crippen LogP contribution in [-0.4, -0.2) is 32.6 Å². The van der Waals surface area contributed by atoms with E-state index in [0.29, 0.717) is 0 Å². The molecule has 2 aromatic heterocycles. The Balaban J connectivity index is 2.04. The Hall–Kier alpha value is -2.63. The van der Waals surface area contributed by atoms with Crippen LogP contribution in [0.2, 0.25) is 0 Å². The van der Waals surface area contributed by atoms with Crippen molar-refractivity contribution in [2.45, 2.75) is 0 Å². The van der Waals surface area contributed by atoms with Crippen molar-refractivity contribution in [2.24, 2.45) is 7.05 Å². The van der Waals surface area contributed by atoms with Gasteiger partial charge in [-0.05, 0) is 12.1 Å². The standard InChI is InChI=1S/C13H12N4O2/c1-17-7-15-9-5-8(3-4-11(9)17)10-6-14-12(16-10)13(18)19-2/h3-7H,1-2H3,(H,14,16). The summed E-state index contributed by atoms with van der Waals surface area (Å²) >= 11 is 0. The molecule has 0 aliphatic rings. The normalized spacial score (nSPS) is 10.8. The zero-order valence-corrected chi connectivity index (χ0v) is 10.5. The number of fused-ring (bicyclic) bond motifs is 1. The molecule has 96 valence electrons. The first-order chi connectivity index (χ1) is 9.19. The Kier molecular flexibility index (Phi) is 2.56. The molecule has 1 N–H and O–H groups in total. The number of benzene rings is 1. The summed E-state index contributed by atoms with van der Waals surface area (Å²) in [6, 6.07) is 5.89. The molecular weight excluding hydrogens is 244 g/mol. The molecule has 0 bridgehead atoms. The van der Waals surface area contributed by atoms with Gasteiger partial charge in [0.25, 0.3) is 0 Å². The lowest BCUT2D eigenvalue weighted by Crippen LogP contribution is -2.03. The van der Waals surface area contributed by atoms with Crippen molar-refractivity contribution in [1.82, 2.24) is 19.5 Å². The lowest BCUT2D eigenvalue weighted by atomic mass is 10.1. The average Bonchev–Trinajstić information content (AvgIpc) is 3.05. The number of nitrogens with zero attached hydrogens (tertiary/aromatic N) is 3. The van der Waals surface area contributed by atoms with Gasteiger partial charge in [-0.1, -0.05) is 6.07 Å². The zero-order chi connectivity index (χ0) is 13.4. The maximum atomic E-state index is 11.3. The second-order valence-corrected chi connectivity index (χ2v) is 4.20. The topological polar surface area (TPSA) is 72.8 Å². The van der Waals surface area contributed by atoms with Crippen LogP contribution in [0.3, 0.4) is 0 Å². The summed E-state index contributed by atoms with van der Waals surface area (Å²) in [4.78, 5) is 22.6. The van der Waals surface area contributed by atoms with E-state index in [1.165, 1.54) is 7.11 Å². The fourth-order valence-electron chi connectivity index (χ4n) is 1.97. The highest BCUT2D eigenvalue weighted by molar-refractivity contribution is 5.87. The smallest absolute Gasteiger partial charge is 0.374 e. The molecule has 3 rings (SSSR count). The number of aryl methyl sites for hydroxylation is 1.